The van der Waals surface area contributed by atoms with Crippen molar-refractivity contribution in [1.29, 1.82) is 0 Å². The van der Waals surface area contributed by atoms with Crippen molar-refractivity contribution in [3.8, 4) is 11.3 Å². The number of likely N-dealkylation sites (tertiary alicyclic amines) is 1. The number of piperazine rings is 1. The van der Waals surface area contributed by atoms with Crippen LogP contribution in [0, 0.1) is 12.8 Å². The van der Waals surface area contributed by atoms with E-state index in [1.165, 1.54) is 25.5 Å². The fourth-order valence-electron chi connectivity index (χ4n) is 7.25. The molecule has 3 heterocycles. The largest absolute Gasteiger partial charge is 0.460 e. The summed E-state index contributed by atoms with van der Waals surface area (Å²) in [4.78, 5) is 32.0. The van der Waals surface area contributed by atoms with Crippen LogP contribution in [0.4, 0.5) is 13.2 Å². The zero-order chi connectivity index (χ0) is 29.4. The SMILES string of the molecule is CCCCN1C(=O)C(C)(C2CCCCC2)NC(=O)C12CCN(Cc1ccc(-c3cccc(C)c3C(F)(F)F)o1)CC2. The number of carbonyl (C=O) groups excluding carboxylic acids is 2. The molecule has 1 aromatic carbocycles. The summed E-state index contributed by atoms with van der Waals surface area (Å²) in [6.07, 6.45) is 3.61. The lowest BCUT2D eigenvalue weighted by molar-refractivity contribution is -0.169. The van der Waals surface area contributed by atoms with Crippen LogP contribution in [0.15, 0.2) is 34.7 Å². The van der Waals surface area contributed by atoms with E-state index >= 15 is 0 Å². The minimum Gasteiger partial charge on any atom is -0.460 e. The molecule has 1 atom stereocenters. The number of nitrogens with one attached hydrogen (secondary N) is 1. The number of benzene rings is 1. The second-order valence-electron chi connectivity index (χ2n) is 12.4. The molecule has 1 saturated carbocycles. The molecule has 9 heteroatoms. The predicted molar refractivity (Wildman–Crippen MR) is 151 cm³/mol. The molecule has 0 bridgehead atoms. The average molecular weight is 574 g/mol. The number of unbranched alkanes of at least 4 members (excludes halogenated alkanes) is 1. The monoisotopic (exact) mass is 573 g/mol. The molecule has 0 radical (unpaired) electrons. The minimum absolute atomic E-state index is 0.0336. The number of halogens is 3. The molecule has 1 aliphatic carbocycles. The van der Waals surface area contributed by atoms with E-state index in [1.807, 2.05) is 11.8 Å². The van der Waals surface area contributed by atoms with Gasteiger partial charge in [0.2, 0.25) is 11.8 Å². The van der Waals surface area contributed by atoms with Crippen molar-refractivity contribution in [3.63, 3.8) is 0 Å². The van der Waals surface area contributed by atoms with Crippen molar-refractivity contribution in [1.82, 2.24) is 15.1 Å². The number of piperidine rings is 1. The van der Waals surface area contributed by atoms with Crippen molar-refractivity contribution in [3.05, 3.63) is 47.2 Å². The third kappa shape index (κ3) is 5.54. The Morgan fingerprint density at radius 1 is 1.05 bits per heavy atom. The van der Waals surface area contributed by atoms with Crippen LogP contribution >= 0.6 is 0 Å². The van der Waals surface area contributed by atoms with E-state index in [-0.39, 0.29) is 34.6 Å². The van der Waals surface area contributed by atoms with Crippen molar-refractivity contribution in [2.24, 2.45) is 5.92 Å². The number of amides is 2. The van der Waals surface area contributed by atoms with E-state index < -0.39 is 22.8 Å². The lowest BCUT2D eigenvalue weighted by atomic mass is 9.70. The molecule has 6 nitrogen and oxygen atoms in total. The summed E-state index contributed by atoms with van der Waals surface area (Å²) in [7, 11) is 0. The Kier molecular flexibility index (Phi) is 8.30. The second-order valence-corrected chi connectivity index (χ2v) is 12.4. The van der Waals surface area contributed by atoms with E-state index in [2.05, 4.69) is 17.1 Å². The van der Waals surface area contributed by atoms with Crippen LogP contribution in [0.25, 0.3) is 11.3 Å². The van der Waals surface area contributed by atoms with Gasteiger partial charge in [0.05, 0.1) is 12.1 Å². The summed E-state index contributed by atoms with van der Waals surface area (Å²) in [5, 5.41) is 3.23. The molecule has 1 unspecified atom stereocenters. The molecular weight excluding hydrogens is 531 g/mol. The molecular formula is C32H42F3N3O3. The van der Waals surface area contributed by atoms with Crippen molar-refractivity contribution in [2.75, 3.05) is 19.6 Å². The van der Waals surface area contributed by atoms with Crippen LogP contribution in [-0.4, -0.2) is 52.3 Å². The maximum atomic E-state index is 14.1. The van der Waals surface area contributed by atoms with E-state index in [0.29, 0.717) is 44.8 Å². The Morgan fingerprint density at radius 2 is 1.76 bits per heavy atom. The topological polar surface area (TPSA) is 65.8 Å². The summed E-state index contributed by atoms with van der Waals surface area (Å²) < 4.78 is 47.2. The zero-order valence-corrected chi connectivity index (χ0v) is 24.4. The first kappa shape index (κ1) is 29.7. The Hall–Kier alpha value is -2.81. The molecule has 1 aromatic heterocycles. The highest BCUT2D eigenvalue weighted by Crippen LogP contribution is 2.43. The Morgan fingerprint density at radius 3 is 2.41 bits per heavy atom. The number of alkyl halides is 3. The van der Waals surface area contributed by atoms with Gasteiger partial charge < -0.3 is 14.6 Å². The number of hydrogen-bond acceptors (Lipinski definition) is 4. The highest BCUT2D eigenvalue weighted by atomic mass is 19.4. The van der Waals surface area contributed by atoms with Crippen LogP contribution in [0.3, 0.4) is 0 Å². The van der Waals surface area contributed by atoms with E-state index in [9.17, 15) is 22.8 Å². The molecule has 2 aliphatic heterocycles. The van der Waals surface area contributed by atoms with Gasteiger partial charge >= 0.3 is 6.18 Å². The maximum absolute atomic E-state index is 14.1. The molecule has 2 saturated heterocycles. The molecule has 3 aliphatic rings. The van der Waals surface area contributed by atoms with E-state index in [1.54, 1.807) is 18.2 Å². The van der Waals surface area contributed by atoms with Crippen LogP contribution in [-0.2, 0) is 22.3 Å². The lowest BCUT2D eigenvalue weighted by Crippen LogP contribution is -2.78. The number of rotatable bonds is 7. The Labute approximate surface area is 240 Å². The smallest absolute Gasteiger partial charge is 0.417 e. The molecule has 41 heavy (non-hydrogen) atoms. The van der Waals surface area contributed by atoms with Gasteiger partial charge in [-0.1, -0.05) is 50.8 Å². The molecule has 1 spiro atoms. The van der Waals surface area contributed by atoms with Crippen molar-refractivity contribution < 1.29 is 27.2 Å². The normalized spacial score (nSPS) is 24.2. The van der Waals surface area contributed by atoms with Gasteiger partial charge in [0.25, 0.3) is 0 Å². The Balaban J connectivity index is 1.31. The molecule has 2 amide bonds. The van der Waals surface area contributed by atoms with Gasteiger partial charge in [0.15, 0.2) is 0 Å². The highest BCUT2D eigenvalue weighted by Gasteiger charge is 2.59. The number of furan rings is 1. The van der Waals surface area contributed by atoms with Crippen molar-refractivity contribution in [2.45, 2.75) is 102 Å². The molecule has 1 N–H and O–H groups in total. The fraction of sp³-hybridized carbons (Fsp3) is 0.625. The van der Waals surface area contributed by atoms with E-state index in [0.717, 1.165) is 38.5 Å². The van der Waals surface area contributed by atoms with Gasteiger partial charge in [-0.05, 0) is 69.6 Å². The number of hydrogen-bond donors (Lipinski definition) is 1. The van der Waals surface area contributed by atoms with Crippen molar-refractivity contribution >= 4 is 11.8 Å². The average Bonchev–Trinajstić information content (AvgIpc) is 3.41. The molecule has 3 fully saturated rings. The quantitative estimate of drug-likeness (QED) is 0.400. The fourth-order valence-corrected chi connectivity index (χ4v) is 7.25. The maximum Gasteiger partial charge on any atom is 0.417 e. The van der Waals surface area contributed by atoms with Gasteiger partial charge in [0, 0.05) is 25.2 Å². The first-order valence-electron chi connectivity index (χ1n) is 15.1. The minimum atomic E-state index is -4.48. The summed E-state index contributed by atoms with van der Waals surface area (Å²) in [5.74, 6) is 0.936. The lowest BCUT2D eigenvalue weighted by Gasteiger charge is -2.56. The molecule has 2 aromatic rings. The van der Waals surface area contributed by atoms with Crippen LogP contribution in [0.5, 0.6) is 0 Å². The van der Waals surface area contributed by atoms with E-state index in [4.69, 9.17) is 4.42 Å². The number of nitrogens with zero attached hydrogens (tertiary/aromatic N) is 2. The predicted octanol–water partition coefficient (Wildman–Crippen LogP) is 6.71. The summed E-state index contributed by atoms with van der Waals surface area (Å²) in [5.41, 5.74) is -2.22. The van der Waals surface area contributed by atoms with Gasteiger partial charge in [-0.15, -0.1) is 0 Å². The van der Waals surface area contributed by atoms with Crippen LogP contribution in [0.2, 0.25) is 0 Å². The molecule has 224 valence electrons. The highest BCUT2D eigenvalue weighted by molar-refractivity contribution is 6.02. The van der Waals surface area contributed by atoms with Gasteiger partial charge in [-0.2, -0.15) is 13.2 Å². The van der Waals surface area contributed by atoms with Gasteiger partial charge in [0.1, 0.15) is 22.6 Å². The molecule has 5 rings (SSSR count). The first-order valence-corrected chi connectivity index (χ1v) is 15.1. The van der Waals surface area contributed by atoms with Gasteiger partial charge in [-0.25, -0.2) is 0 Å². The second kappa shape index (κ2) is 11.5. The Bertz CT molecular complexity index is 1260. The summed E-state index contributed by atoms with van der Waals surface area (Å²) in [6, 6.07) is 7.81. The standard InChI is InChI=1S/C32H42F3N3O3/c1-4-5-18-38-29(40)30(3,23-11-7-6-8-12-23)36-28(39)31(38)16-19-37(20-17-31)21-24-14-15-26(41-24)25-13-9-10-22(2)27(25)32(33,34)35/h9-10,13-15,23H,4-8,11-12,16-21H2,1-3H3,(H,36,39). The van der Waals surface area contributed by atoms with Gasteiger partial charge in [-0.3, -0.25) is 14.5 Å². The number of carbonyl (C=O) groups is 2. The van der Waals surface area contributed by atoms with Crippen LogP contribution < -0.4 is 5.32 Å². The third-order valence-electron chi connectivity index (χ3n) is 9.70. The number of aryl methyl sites for hydroxylation is 1. The summed E-state index contributed by atoms with van der Waals surface area (Å²) >= 11 is 0. The first-order chi connectivity index (χ1) is 19.5. The van der Waals surface area contributed by atoms with Crippen LogP contribution in [0.1, 0.15) is 88.5 Å². The summed E-state index contributed by atoms with van der Waals surface area (Å²) in [6.45, 7) is 7.63. The third-order valence-corrected chi connectivity index (χ3v) is 9.70. The zero-order valence-electron chi connectivity index (χ0n) is 24.4.